The highest BCUT2D eigenvalue weighted by Crippen LogP contribution is 2.23. The summed E-state index contributed by atoms with van der Waals surface area (Å²) in [6.07, 6.45) is 0. The first kappa shape index (κ1) is 17.0. The van der Waals surface area contributed by atoms with Gasteiger partial charge in [0.05, 0.1) is 10.6 Å². The summed E-state index contributed by atoms with van der Waals surface area (Å²) in [5.41, 5.74) is 7.66. The Kier molecular flexibility index (Phi) is 4.76. The van der Waals surface area contributed by atoms with Crippen molar-refractivity contribution in [3.63, 3.8) is 0 Å². The SMILES string of the molecule is CC(C)(C)c1ccc(C(=O)Nc2ccc(C(N)=O)c(Cl)c2)cc1. The molecule has 0 heterocycles. The second-order valence-corrected chi connectivity index (χ2v) is 6.75. The van der Waals surface area contributed by atoms with Crippen molar-refractivity contribution in [3.05, 3.63) is 64.2 Å². The van der Waals surface area contributed by atoms with Gasteiger partial charge in [-0.2, -0.15) is 0 Å². The van der Waals surface area contributed by atoms with E-state index in [0.717, 1.165) is 5.56 Å². The predicted molar refractivity (Wildman–Crippen MR) is 93.1 cm³/mol. The van der Waals surface area contributed by atoms with E-state index in [2.05, 4.69) is 26.1 Å². The fourth-order valence-electron chi connectivity index (χ4n) is 2.12. The third-order valence-electron chi connectivity index (χ3n) is 3.51. The Balaban J connectivity index is 2.16. The maximum Gasteiger partial charge on any atom is 0.255 e. The molecule has 23 heavy (non-hydrogen) atoms. The Morgan fingerprint density at radius 2 is 1.65 bits per heavy atom. The molecule has 0 fully saturated rings. The van der Waals surface area contributed by atoms with E-state index in [1.165, 1.54) is 12.1 Å². The molecule has 0 saturated carbocycles. The molecule has 0 aliphatic heterocycles. The number of benzene rings is 2. The normalized spacial score (nSPS) is 11.1. The maximum absolute atomic E-state index is 12.3. The number of anilines is 1. The maximum atomic E-state index is 12.3. The van der Waals surface area contributed by atoms with E-state index in [9.17, 15) is 9.59 Å². The lowest BCUT2D eigenvalue weighted by molar-refractivity contribution is 0.0998. The summed E-state index contributed by atoms with van der Waals surface area (Å²) in [4.78, 5) is 23.4. The van der Waals surface area contributed by atoms with Crippen molar-refractivity contribution in [2.75, 3.05) is 5.32 Å². The fraction of sp³-hybridized carbons (Fsp3) is 0.222. The summed E-state index contributed by atoms with van der Waals surface area (Å²) in [6, 6.07) is 12.0. The highest BCUT2D eigenvalue weighted by Gasteiger charge is 2.15. The van der Waals surface area contributed by atoms with Crippen LogP contribution in [-0.2, 0) is 5.41 Å². The Morgan fingerprint density at radius 3 is 2.13 bits per heavy atom. The molecule has 2 rings (SSSR count). The van der Waals surface area contributed by atoms with Crippen LogP contribution in [-0.4, -0.2) is 11.8 Å². The van der Waals surface area contributed by atoms with Crippen LogP contribution in [0.25, 0.3) is 0 Å². The minimum absolute atomic E-state index is 0.0348. The lowest BCUT2D eigenvalue weighted by atomic mass is 9.87. The number of rotatable bonds is 3. The first-order chi connectivity index (χ1) is 10.7. The Morgan fingerprint density at radius 1 is 1.04 bits per heavy atom. The average Bonchev–Trinajstić information content (AvgIpc) is 2.46. The molecule has 2 aromatic carbocycles. The number of hydrogen-bond donors (Lipinski definition) is 2. The molecule has 0 saturated heterocycles. The third kappa shape index (κ3) is 4.11. The van der Waals surface area contributed by atoms with Gasteiger partial charge in [0.2, 0.25) is 5.91 Å². The number of amides is 2. The second kappa shape index (κ2) is 6.42. The largest absolute Gasteiger partial charge is 0.366 e. The van der Waals surface area contributed by atoms with Crippen molar-refractivity contribution >= 4 is 29.1 Å². The molecule has 3 N–H and O–H groups in total. The van der Waals surface area contributed by atoms with Crippen LogP contribution in [0, 0.1) is 0 Å². The minimum atomic E-state index is -0.606. The molecular formula is C18H19ClN2O2. The zero-order valence-electron chi connectivity index (χ0n) is 13.3. The average molecular weight is 331 g/mol. The predicted octanol–water partition coefficient (Wildman–Crippen LogP) is 3.99. The molecule has 0 bridgehead atoms. The molecule has 0 atom stereocenters. The third-order valence-corrected chi connectivity index (χ3v) is 3.82. The van der Waals surface area contributed by atoms with Gasteiger partial charge in [0.1, 0.15) is 0 Å². The molecule has 4 nitrogen and oxygen atoms in total. The van der Waals surface area contributed by atoms with E-state index in [-0.39, 0.29) is 21.9 Å². The molecule has 5 heteroatoms. The first-order valence-corrected chi connectivity index (χ1v) is 7.57. The number of primary amides is 1. The van der Waals surface area contributed by atoms with E-state index in [1.54, 1.807) is 18.2 Å². The Hall–Kier alpha value is -2.33. The molecule has 2 aromatic rings. The van der Waals surface area contributed by atoms with Crippen molar-refractivity contribution in [3.8, 4) is 0 Å². The smallest absolute Gasteiger partial charge is 0.255 e. The van der Waals surface area contributed by atoms with Crippen molar-refractivity contribution in [1.82, 2.24) is 0 Å². The van der Waals surface area contributed by atoms with E-state index < -0.39 is 5.91 Å². The number of halogens is 1. The molecule has 0 aromatic heterocycles. The van der Waals surface area contributed by atoms with Gasteiger partial charge >= 0.3 is 0 Å². The minimum Gasteiger partial charge on any atom is -0.366 e. The monoisotopic (exact) mass is 330 g/mol. The van der Waals surface area contributed by atoms with Gasteiger partial charge in [0.25, 0.3) is 5.91 Å². The van der Waals surface area contributed by atoms with Crippen molar-refractivity contribution in [2.24, 2.45) is 5.73 Å². The molecule has 2 amide bonds. The van der Waals surface area contributed by atoms with Crippen LogP contribution in [0.5, 0.6) is 0 Å². The fourth-order valence-corrected chi connectivity index (χ4v) is 2.39. The molecular weight excluding hydrogens is 312 g/mol. The highest BCUT2D eigenvalue weighted by molar-refractivity contribution is 6.34. The summed E-state index contributed by atoms with van der Waals surface area (Å²) in [5.74, 6) is -0.848. The standard InChI is InChI=1S/C18H19ClN2O2/c1-18(2,3)12-6-4-11(5-7-12)17(23)21-13-8-9-14(16(20)22)15(19)10-13/h4-10H,1-3H3,(H2,20,22)(H,21,23). The van der Waals surface area contributed by atoms with Gasteiger partial charge in [-0.3, -0.25) is 9.59 Å². The Bertz CT molecular complexity index is 747. The van der Waals surface area contributed by atoms with Crippen molar-refractivity contribution in [1.29, 1.82) is 0 Å². The van der Waals surface area contributed by atoms with Crippen molar-refractivity contribution < 1.29 is 9.59 Å². The Labute approximate surface area is 140 Å². The van der Waals surface area contributed by atoms with E-state index in [1.807, 2.05) is 12.1 Å². The molecule has 0 unspecified atom stereocenters. The summed E-state index contributed by atoms with van der Waals surface area (Å²) in [6.45, 7) is 6.35. The number of nitrogens with two attached hydrogens (primary N) is 1. The quantitative estimate of drug-likeness (QED) is 0.893. The zero-order chi connectivity index (χ0) is 17.2. The van der Waals surface area contributed by atoms with Gasteiger partial charge < -0.3 is 11.1 Å². The molecule has 0 aliphatic carbocycles. The zero-order valence-corrected chi connectivity index (χ0v) is 14.1. The molecule has 0 spiro atoms. The lowest BCUT2D eigenvalue weighted by Crippen LogP contribution is -2.15. The van der Waals surface area contributed by atoms with Gasteiger partial charge in [-0.15, -0.1) is 0 Å². The highest BCUT2D eigenvalue weighted by atomic mass is 35.5. The first-order valence-electron chi connectivity index (χ1n) is 7.20. The lowest BCUT2D eigenvalue weighted by Gasteiger charge is -2.19. The molecule has 0 aliphatic rings. The van der Waals surface area contributed by atoms with Crippen LogP contribution in [0.15, 0.2) is 42.5 Å². The number of nitrogens with one attached hydrogen (secondary N) is 1. The van der Waals surface area contributed by atoms with Crippen LogP contribution < -0.4 is 11.1 Å². The number of hydrogen-bond acceptors (Lipinski definition) is 2. The van der Waals surface area contributed by atoms with Crippen LogP contribution in [0.4, 0.5) is 5.69 Å². The number of carbonyl (C=O) groups is 2. The number of carbonyl (C=O) groups excluding carboxylic acids is 2. The summed E-state index contributed by atoms with van der Waals surface area (Å²) >= 11 is 5.97. The van der Waals surface area contributed by atoms with Gasteiger partial charge in [-0.25, -0.2) is 0 Å². The van der Waals surface area contributed by atoms with Gasteiger partial charge in [0, 0.05) is 11.3 Å². The van der Waals surface area contributed by atoms with Crippen LogP contribution in [0.3, 0.4) is 0 Å². The van der Waals surface area contributed by atoms with Crippen LogP contribution in [0.1, 0.15) is 47.1 Å². The van der Waals surface area contributed by atoms with E-state index in [0.29, 0.717) is 11.3 Å². The van der Waals surface area contributed by atoms with Crippen LogP contribution in [0.2, 0.25) is 5.02 Å². The summed E-state index contributed by atoms with van der Waals surface area (Å²) in [7, 11) is 0. The summed E-state index contributed by atoms with van der Waals surface area (Å²) < 4.78 is 0. The van der Waals surface area contributed by atoms with Gasteiger partial charge in [-0.05, 0) is 41.3 Å². The topological polar surface area (TPSA) is 72.2 Å². The molecule has 0 radical (unpaired) electrons. The molecule has 120 valence electrons. The van der Waals surface area contributed by atoms with Gasteiger partial charge in [0.15, 0.2) is 0 Å². The van der Waals surface area contributed by atoms with Crippen LogP contribution >= 0.6 is 11.6 Å². The summed E-state index contributed by atoms with van der Waals surface area (Å²) in [5, 5.41) is 2.95. The van der Waals surface area contributed by atoms with E-state index >= 15 is 0 Å². The van der Waals surface area contributed by atoms with Crippen molar-refractivity contribution in [2.45, 2.75) is 26.2 Å². The van der Waals surface area contributed by atoms with E-state index in [4.69, 9.17) is 17.3 Å². The van der Waals surface area contributed by atoms with Gasteiger partial charge in [-0.1, -0.05) is 44.5 Å². The second-order valence-electron chi connectivity index (χ2n) is 6.34.